The molecule has 7 heteroatoms. The average Bonchev–Trinajstić information content (AvgIpc) is 2.90. The molecule has 0 aliphatic carbocycles. The second-order valence-corrected chi connectivity index (χ2v) is 5.90. The van der Waals surface area contributed by atoms with Crippen LogP contribution >= 0.6 is 15.9 Å². The van der Waals surface area contributed by atoms with Crippen molar-refractivity contribution in [3.05, 3.63) is 28.2 Å². The summed E-state index contributed by atoms with van der Waals surface area (Å²) in [6, 6.07) is 4.42. The molecule has 0 aromatic heterocycles. The second kappa shape index (κ2) is 6.91. The lowest BCUT2D eigenvalue weighted by molar-refractivity contribution is 0.0696. The molecule has 114 valence electrons. The fourth-order valence-electron chi connectivity index (χ4n) is 2.40. The van der Waals surface area contributed by atoms with E-state index in [0.29, 0.717) is 35.6 Å². The molecule has 6 nitrogen and oxygen atoms in total. The Morgan fingerprint density at radius 3 is 2.86 bits per heavy atom. The smallest absolute Gasteiger partial charge is 0.336 e. The standard InChI is InChI=1S/C14H17BrN2O4/c15-12-2-1-10(7-11(12)13(19)20)16-14(21)17-5-3-9(8-17)4-6-18/h1-2,7,9,18H,3-6,8H2,(H,16,21)(H,19,20). The highest BCUT2D eigenvalue weighted by molar-refractivity contribution is 9.10. The first kappa shape index (κ1) is 15.8. The quantitative estimate of drug-likeness (QED) is 0.772. The van der Waals surface area contributed by atoms with Crippen molar-refractivity contribution in [3.8, 4) is 0 Å². The predicted molar refractivity (Wildman–Crippen MR) is 81.5 cm³/mol. The summed E-state index contributed by atoms with van der Waals surface area (Å²) in [7, 11) is 0. The molecule has 21 heavy (non-hydrogen) atoms. The van der Waals surface area contributed by atoms with Crippen LogP contribution in [0.3, 0.4) is 0 Å². The van der Waals surface area contributed by atoms with Crippen LogP contribution in [0.25, 0.3) is 0 Å². The lowest BCUT2D eigenvalue weighted by Crippen LogP contribution is -2.33. The number of nitrogens with zero attached hydrogens (tertiary/aromatic N) is 1. The molecule has 2 rings (SSSR count). The minimum absolute atomic E-state index is 0.104. The molecular weight excluding hydrogens is 340 g/mol. The van der Waals surface area contributed by atoms with E-state index < -0.39 is 5.97 Å². The van der Waals surface area contributed by atoms with Gasteiger partial charge in [0.25, 0.3) is 0 Å². The number of aromatic carboxylic acids is 1. The van der Waals surface area contributed by atoms with Gasteiger partial charge in [-0.05, 0) is 52.9 Å². The average molecular weight is 357 g/mol. The Morgan fingerprint density at radius 2 is 2.19 bits per heavy atom. The van der Waals surface area contributed by atoms with Crippen molar-refractivity contribution < 1.29 is 19.8 Å². The molecule has 0 bridgehead atoms. The number of hydrogen-bond acceptors (Lipinski definition) is 3. The molecule has 1 aromatic rings. The normalized spacial score (nSPS) is 17.8. The maximum atomic E-state index is 12.1. The largest absolute Gasteiger partial charge is 0.478 e. The van der Waals surface area contributed by atoms with Gasteiger partial charge in [-0.25, -0.2) is 9.59 Å². The molecule has 1 aromatic carbocycles. The van der Waals surface area contributed by atoms with Crippen molar-refractivity contribution in [2.75, 3.05) is 25.0 Å². The monoisotopic (exact) mass is 356 g/mol. The third-order valence-electron chi connectivity index (χ3n) is 3.56. The summed E-state index contributed by atoms with van der Waals surface area (Å²) in [5.74, 6) is -0.720. The molecule has 0 saturated carbocycles. The van der Waals surface area contributed by atoms with E-state index in [0.717, 1.165) is 6.42 Å². The summed E-state index contributed by atoms with van der Waals surface area (Å²) >= 11 is 3.16. The van der Waals surface area contributed by atoms with Crippen LogP contribution < -0.4 is 5.32 Å². The summed E-state index contributed by atoms with van der Waals surface area (Å²) in [6.45, 7) is 1.41. The van der Waals surface area contributed by atoms with E-state index >= 15 is 0 Å². The number of amides is 2. The number of anilines is 1. The van der Waals surface area contributed by atoms with Gasteiger partial charge in [0, 0.05) is 29.9 Å². The van der Waals surface area contributed by atoms with Crippen molar-refractivity contribution in [1.82, 2.24) is 4.90 Å². The molecule has 1 saturated heterocycles. The van der Waals surface area contributed by atoms with Gasteiger partial charge in [-0.1, -0.05) is 0 Å². The van der Waals surface area contributed by atoms with Crippen LogP contribution in [-0.2, 0) is 0 Å². The van der Waals surface area contributed by atoms with Crippen LogP contribution in [0, 0.1) is 5.92 Å². The molecule has 1 heterocycles. The first-order valence-corrected chi connectivity index (χ1v) is 7.50. The number of likely N-dealkylation sites (tertiary alicyclic amines) is 1. The van der Waals surface area contributed by atoms with Gasteiger partial charge < -0.3 is 20.4 Å². The zero-order valence-corrected chi connectivity index (χ0v) is 13.0. The van der Waals surface area contributed by atoms with Crippen LogP contribution in [0.1, 0.15) is 23.2 Å². The number of rotatable bonds is 4. The minimum Gasteiger partial charge on any atom is -0.478 e. The number of urea groups is 1. The summed E-state index contributed by atoms with van der Waals surface area (Å²) in [5.41, 5.74) is 0.554. The van der Waals surface area contributed by atoms with Gasteiger partial charge in [-0.3, -0.25) is 0 Å². The maximum Gasteiger partial charge on any atom is 0.336 e. The Hall–Kier alpha value is -1.60. The van der Waals surface area contributed by atoms with Crippen molar-refractivity contribution in [2.24, 2.45) is 5.92 Å². The summed E-state index contributed by atoms with van der Waals surface area (Å²) in [6.07, 6.45) is 1.58. The molecule has 2 amide bonds. The number of benzene rings is 1. The van der Waals surface area contributed by atoms with Crippen LogP contribution in [0.2, 0.25) is 0 Å². The van der Waals surface area contributed by atoms with Crippen molar-refractivity contribution in [2.45, 2.75) is 12.8 Å². The number of nitrogens with one attached hydrogen (secondary N) is 1. The molecule has 0 spiro atoms. The first-order valence-electron chi connectivity index (χ1n) is 6.71. The van der Waals surface area contributed by atoms with E-state index in [1.807, 2.05) is 0 Å². The van der Waals surface area contributed by atoms with Gasteiger partial charge in [0.2, 0.25) is 0 Å². The summed E-state index contributed by atoms with van der Waals surface area (Å²) in [4.78, 5) is 24.9. The topological polar surface area (TPSA) is 89.9 Å². The maximum absolute atomic E-state index is 12.1. The van der Waals surface area contributed by atoms with Gasteiger partial charge in [-0.15, -0.1) is 0 Å². The summed E-state index contributed by atoms with van der Waals surface area (Å²) in [5, 5.41) is 20.7. The Bertz CT molecular complexity index is 550. The second-order valence-electron chi connectivity index (χ2n) is 5.04. The molecule has 1 aliphatic rings. The van der Waals surface area contributed by atoms with Crippen LogP contribution in [-0.4, -0.2) is 46.8 Å². The Morgan fingerprint density at radius 1 is 1.43 bits per heavy atom. The van der Waals surface area contributed by atoms with Crippen molar-refractivity contribution >= 4 is 33.6 Å². The van der Waals surface area contributed by atoms with E-state index in [-0.39, 0.29) is 18.2 Å². The zero-order valence-electron chi connectivity index (χ0n) is 11.4. The van der Waals surface area contributed by atoms with E-state index in [9.17, 15) is 9.59 Å². The lowest BCUT2D eigenvalue weighted by Gasteiger charge is -2.17. The molecule has 1 aliphatic heterocycles. The van der Waals surface area contributed by atoms with Gasteiger partial charge in [0.1, 0.15) is 0 Å². The number of carboxylic acids is 1. The van der Waals surface area contributed by atoms with Crippen molar-refractivity contribution in [1.29, 1.82) is 0 Å². The zero-order chi connectivity index (χ0) is 15.4. The number of carbonyl (C=O) groups is 2. The van der Waals surface area contributed by atoms with E-state index in [2.05, 4.69) is 21.2 Å². The fourth-order valence-corrected chi connectivity index (χ4v) is 2.82. The van der Waals surface area contributed by atoms with Crippen LogP contribution in [0.15, 0.2) is 22.7 Å². The van der Waals surface area contributed by atoms with Gasteiger partial charge in [0.15, 0.2) is 0 Å². The Kier molecular flexibility index (Phi) is 5.19. The van der Waals surface area contributed by atoms with Crippen LogP contribution in [0.4, 0.5) is 10.5 Å². The third kappa shape index (κ3) is 3.95. The number of carbonyl (C=O) groups excluding carboxylic acids is 1. The molecule has 1 unspecified atom stereocenters. The highest BCUT2D eigenvalue weighted by atomic mass is 79.9. The fraction of sp³-hybridized carbons (Fsp3) is 0.429. The Labute approximate surface area is 130 Å². The van der Waals surface area contributed by atoms with Crippen LogP contribution in [0.5, 0.6) is 0 Å². The lowest BCUT2D eigenvalue weighted by atomic mass is 10.1. The number of aliphatic hydroxyl groups is 1. The molecule has 1 fully saturated rings. The molecular formula is C14H17BrN2O4. The number of halogens is 1. The first-order chi connectivity index (χ1) is 10.0. The highest BCUT2D eigenvalue weighted by Gasteiger charge is 2.25. The van der Waals surface area contributed by atoms with Gasteiger partial charge in [-0.2, -0.15) is 0 Å². The molecule has 3 N–H and O–H groups in total. The van der Waals surface area contributed by atoms with Crippen molar-refractivity contribution in [3.63, 3.8) is 0 Å². The van der Waals surface area contributed by atoms with Gasteiger partial charge >= 0.3 is 12.0 Å². The van der Waals surface area contributed by atoms with E-state index in [1.165, 1.54) is 6.07 Å². The van der Waals surface area contributed by atoms with E-state index in [4.69, 9.17) is 10.2 Å². The van der Waals surface area contributed by atoms with Gasteiger partial charge in [0.05, 0.1) is 5.56 Å². The molecule has 1 atom stereocenters. The summed E-state index contributed by atoms with van der Waals surface area (Å²) < 4.78 is 0.470. The Balaban J connectivity index is 2.00. The number of hydrogen-bond donors (Lipinski definition) is 3. The predicted octanol–water partition coefficient (Wildman–Crippen LogP) is 2.38. The number of carboxylic acid groups (broad SMARTS) is 1. The third-order valence-corrected chi connectivity index (χ3v) is 4.25. The SMILES string of the molecule is O=C(O)c1cc(NC(=O)N2CCC(CCO)C2)ccc1Br. The number of aliphatic hydroxyl groups excluding tert-OH is 1. The minimum atomic E-state index is -1.05. The van der Waals surface area contributed by atoms with E-state index in [1.54, 1.807) is 17.0 Å². The highest BCUT2D eigenvalue weighted by Crippen LogP contribution is 2.23. The molecule has 0 radical (unpaired) electrons.